The maximum Gasteiger partial charge on any atom is 0.251 e. The molecular weight excluding hydrogens is 262 g/mol. The summed E-state index contributed by atoms with van der Waals surface area (Å²) in [7, 11) is 1.65. The van der Waals surface area contributed by atoms with E-state index in [4.69, 9.17) is 0 Å². The average molecular weight is 281 g/mol. The van der Waals surface area contributed by atoms with Crippen molar-refractivity contribution in [2.24, 2.45) is 0 Å². The van der Waals surface area contributed by atoms with Gasteiger partial charge in [-0.25, -0.2) is 0 Å². The van der Waals surface area contributed by atoms with E-state index in [1.807, 2.05) is 37.4 Å². The molecule has 1 aromatic heterocycles. The van der Waals surface area contributed by atoms with Crippen molar-refractivity contribution < 1.29 is 4.79 Å². The molecule has 4 heteroatoms. The largest absolute Gasteiger partial charge is 0.376 e. The molecule has 108 valence electrons. The van der Waals surface area contributed by atoms with Gasteiger partial charge in [0.1, 0.15) is 0 Å². The van der Waals surface area contributed by atoms with E-state index in [-0.39, 0.29) is 11.9 Å². The summed E-state index contributed by atoms with van der Waals surface area (Å²) in [6.45, 7) is 1.97. The standard InChI is InChI=1S/C17H19N3O/c1-11-13(17(21)18-2)6-3-7-14(11)20-15-9-8-12-5-4-10-19-16(12)15/h3-7,10,15,20H,8-9H2,1-2H3,(H,18,21). The number of nitrogens with zero attached hydrogens (tertiary/aromatic N) is 1. The quantitative estimate of drug-likeness (QED) is 0.909. The maximum absolute atomic E-state index is 11.9. The van der Waals surface area contributed by atoms with Gasteiger partial charge in [0.15, 0.2) is 0 Å². The van der Waals surface area contributed by atoms with E-state index >= 15 is 0 Å². The number of hydrogen-bond acceptors (Lipinski definition) is 3. The van der Waals surface area contributed by atoms with Crippen LogP contribution in [-0.4, -0.2) is 17.9 Å². The van der Waals surface area contributed by atoms with Crippen molar-refractivity contribution in [1.29, 1.82) is 0 Å². The Morgan fingerprint density at radius 2 is 2.14 bits per heavy atom. The molecule has 0 radical (unpaired) electrons. The second-order valence-electron chi connectivity index (χ2n) is 5.34. The summed E-state index contributed by atoms with van der Waals surface area (Å²) >= 11 is 0. The SMILES string of the molecule is CNC(=O)c1cccc(NC2CCc3cccnc32)c1C. The molecule has 1 heterocycles. The number of pyridine rings is 1. The highest BCUT2D eigenvalue weighted by Gasteiger charge is 2.24. The zero-order valence-corrected chi connectivity index (χ0v) is 12.3. The van der Waals surface area contributed by atoms with Crippen LogP contribution in [0, 0.1) is 6.92 Å². The fourth-order valence-corrected chi connectivity index (χ4v) is 2.91. The number of benzene rings is 1. The van der Waals surface area contributed by atoms with Crippen molar-refractivity contribution in [2.75, 3.05) is 12.4 Å². The molecule has 0 saturated carbocycles. The number of nitrogens with one attached hydrogen (secondary N) is 2. The lowest BCUT2D eigenvalue weighted by molar-refractivity contribution is 0.0962. The molecule has 1 amide bonds. The van der Waals surface area contributed by atoms with Gasteiger partial charge in [0.2, 0.25) is 0 Å². The molecule has 0 bridgehead atoms. The summed E-state index contributed by atoms with van der Waals surface area (Å²) in [4.78, 5) is 16.4. The number of carbonyl (C=O) groups excluding carboxylic acids is 1. The van der Waals surface area contributed by atoms with E-state index in [9.17, 15) is 4.79 Å². The maximum atomic E-state index is 11.9. The zero-order chi connectivity index (χ0) is 14.8. The van der Waals surface area contributed by atoms with Gasteiger partial charge >= 0.3 is 0 Å². The summed E-state index contributed by atoms with van der Waals surface area (Å²) in [6, 6.07) is 10.1. The molecule has 1 atom stereocenters. The topological polar surface area (TPSA) is 54.0 Å². The third-order valence-corrected chi connectivity index (χ3v) is 4.09. The van der Waals surface area contributed by atoms with Gasteiger partial charge in [-0.15, -0.1) is 0 Å². The van der Waals surface area contributed by atoms with Crippen LogP contribution in [0.25, 0.3) is 0 Å². The van der Waals surface area contributed by atoms with Gasteiger partial charge in [-0.3, -0.25) is 9.78 Å². The van der Waals surface area contributed by atoms with E-state index in [1.165, 1.54) is 5.56 Å². The molecule has 0 spiro atoms. The van der Waals surface area contributed by atoms with Crippen LogP contribution in [0.15, 0.2) is 36.5 Å². The Balaban J connectivity index is 1.88. The van der Waals surface area contributed by atoms with Crippen LogP contribution in [0.1, 0.15) is 39.6 Å². The minimum atomic E-state index is -0.0545. The molecule has 3 rings (SSSR count). The Kier molecular flexibility index (Phi) is 3.60. The highest BCUT2D eigenvalue weighted by molar-refractivity contribution is 5.96. The second-order valence-corrected chi connectivity index (χ2v) is 5.34. The molecular formula is C17H19N3O. The number of anilines is 1. The fraction of sp³-hybridized carbons (Fsp3) is 0.294. The number of aromatic nitrogens is 1. The summed E-state index contributed by atoms with van der Waals surface area (Å²) < 4.78 is 0. The Bertz CT molecular complexity index is 681. The van der Waals surface area contributed by atoms with Crippen LogP contribution in [0.3, 0.4) is 0 Å². The van der Waals surface area contributed by atoms with Gasteiger partial charge in [0, 0.05) is 24.5 Å². The van der Waals surface area contributed by atoms with E-state index in [0.717, 1.165) is 29.8 Å². The van der Waals surface area contributed by atoms with Gasteiger partial charge in [0.05, 0.1) is 11.7 Å². The van der Waals surface area contributed by atoms with Crippen LogP contribution >= 0.6 is 0 Å². The van der Waals surface area contributed by atoms with Crippen molar-refractivity contribution in [3.63, 3.8) is 0 Å². The van der Waals surface area contributed by atoms with Crippen LogP contribution in [0.2, 0.25) is 0 Å². The number of fused-ring (bicyclic) bond motifs is 1. The van der Waals surface area contributed by atoms with Crippen molar-refractivity contribution in [3.05, 3.63) is 58.9 Å². The van der Waals surface area contributed by atoms with Crippen molar-refractivity contribution in [1.82, 2.24) is 10.3 Å². The molecule has 2 N–H and O–H groups in total. The number of hydrogen-bond donors (Lipinski definition) is 2. The lowest BCUT2D eigenvalue weighted by atomic mass is 10.0. The van der Waals surface area contributed by atoms with Gasteiger partial charge in [0.25, 0.3) is 5.91 Å². The monoisotopic (exact) mass is 281 g/mol. The molecule has 0 aliphatic heterocycles. The van der Waals surface area contributed by atoms with E-state index in [2.05, 4.69) is 21.7 Å². The molecule has 0 saturated heterocycles. The Morgan fingerprint density at radius 3 is 2.95 bits per heavy atom. The van der Waals surface area contributed by atoms with Gasteiger partial charge in [-0.1, -0.05) is 12.1 Å². The summed E-state index contributed by atoms with van der Waals surface area (Å²) in [5, 5.41) is 6.22. The fourth-order valence-electron chi connectivity index (χ4n) is 2.91. The van der Waals surface area contributed by atoms with Crippen molar-refractivity contribution in [3.8, 4) is 0 Å². The average Bonchev–Trinajstić information content (AvgIpc) is 2.92. The first-order chi connectivity index (χ1) is 10.2. The predicted molar refractivity (Wildman–Crippen MR) is 83.5 cm³/mol. The molecule has 2 aromatic rings. The number of aryl methyl sites for hydroxylation is 1. The smallest absolute Gasteiger partial charge is 0.251 e. The molecule has 1 aliphatic carbocycles. The van der Waals surface area contributed by atoms with E-state index in [1.54, 1.807) is 7.05 Å². The first-order valence-corrected chi connectivity index (χ1v) is 7.22. The van der Waals surface area contributed by atoms with Crippen LogP contribution in [-0.2, 0) is 6.42 Å². The molecule has 1 unspecified atom stereocenters. The van der Waals surface area contributed by atoms with Crippen LogP contribution in [0.4, 0.5) is 5.69 Å². The number of rotatable bonds is 3. The summed E-state index contributed by atoms with van der Waals surface area (Å²) in [5.41, 5.74) is 5.12. The molecule has 1 aromatic carbocycles. The molecule has 0 fully saturated rings. The zero-order valence-electron chi connectivity index (χ0n) is 12.3. The minimum absolute atomic E-state index is 0.0545. The highest BCUT2D eigenvalue weighted by atomic mass is 16.1. The lowest BCUT2D eigenvalue weighted by Gasteiger charge is -2.18. The lowest BCUT2D eigenvalue weighted by Crippen LogP contribution is -2.20. The Hall–Kier alpha value is -2.36. The highest BCUT2D eigenvalue weighted by Crippen LogP contribution is 2.33. The normalized spacial score (nSPS) is 16.4. The van der Waals surface area contributed by atoms with Gasteiger partial charge in [-0.05, 0) is 49.1 Å². The summed E-state index contributed by atoms with van der Waals surface area (Å²) in [5.74, 6) is -0.0545. The first kappa shape index (κ1) is 13.6. The first-order valence-electron chi connectivity index (χ1n) is 7.22. The van der Waals surface area contributed by atoms with E-state index in [0.29, 0.717) is 5.56 Å². The molecule has 21 heavy (non-hydrogen) atoms. The van der Waals surface area contributed by atoms with E-state index < -0.39 is 0 Å². The third-order valence-electron chi connectivity index (χ3n) is 4.09. The number of carbonyl (C=O) groups is 1. The third kappa shape index (κ3) is 2.49. The van der Waals surface area contributed by atoms with Crippen LogP contribution in [0.5, 0.6) is 0 Å². The van der Waals surface area contributed by atoms with Crippen LogP contribution < -0.4 is 10.6 Å². The summed E-state index contributed by atoms with van der Waals surface area (Å²) in [6.07, 6.45) is 3.93. The Morgan fingerprint density at radius 1 is 1.29 bits per heavy atom. The molecule has 4 nitrogen and oxygen atoms in total. The van der Waals surface area contributed by atoms with Crippen molar-refractivity contribution in [2.45, 2.75) is 25.8 Å². The molecule has 1 aliphatic rings. The van der Waals surface area contributed by atoms with Crippen molar-refractivity contribution >= 4 is 11.6 Å². The second kappa shape index (κ2) is 5.56. The minimum Gasteiger partial charge on any atom is -0.376 e. The van der Waals surface area contributed by atoms with Gasteiger partial charge in [-0.2, -0.15) is 0 Å². The van der Waals surface area contributed by atoms with Gasteiger partial charge < -0.3 is 10.6 Å². The number of amides is 1. The predicted octanol–water partition coefficient (Wildman–Crippen LogP) is 2.85. The Labute approximate surface area is 124 Å².